The molecule has 9 nitrogen and oxygen atoms in total. The van der Waals surface area contributed by atoms with Crippen LogP contribution in [0.15, 0.2) is 81.9 Å². The highest BCUT2D eigenvalue weighted by atomic mass is 16.5. The highest BCUT2D eigenvalue weighted by Gasteiger charge is 2.31. The summed E-state index contributed by atoms with van der Waals surface area (Å²) in [6.07, 6.45) is 2.25. The molecule has 0 saturated carbocycles. The van der Waals surface area contributed by atoms with E-state index in [1.54, 1.807) is 17.0 Å². The van der Waals surface area contributed by atoms with Gasteiger partial charge in [-0.25, -0.2) is 0 Å². The van der Waals surface area contributed by atoms with E-state index in [2.05, 4.69) is 15.5 Å². The number of anilines is 1. The molecule has 172 valence electrons. The summed E-state index contributed by atoms with van der Waals surface area (Å²) in [5, 5.41) is 6.77. The molecule has 1 atom stereocenters. The number of carbonyl (C=O) groups excluding carboxylic acids is 2. The summed E-state index contributed by atoms with van der Waals surface area (Å²) in [7, 11) is 0. The van der Waals surface area contributed by atoms with E-state index < -0.39 is 0 Å². The van der Waals surface area contributed by atoms with Crippen LogP contribution in [0.4, 0.5) is 5.69 Å². The highest BCUT2D eigenvalue weighted by Crippen LogP contribution is 2.27. The summed E-state index contributed by atoms with van der Waals surface area (Å²) in [4.78, 5) is 30.8. The molecule has 1 N–H and O–H groups in total. The molecule has 1 unspecified atom stereocenters. The number of ether oxygens (including phenoxy) is 1. The summed E-state index contributed by atoms with van der Waals surface area (Å²) in [5.41, 5.74) is 0.762. The molecule has 1 aliphatic rings. The van der Waals surface area contributed by atoms with Crippen LogP contribution in [-0.2, 0) is 16.0 Å². The predicted octanol–water partition coefficient (Wildman–Crippen LogP) is 3.98. The molecule has 2 amide bonds. The quantitative estimate of drug-likeness (QED) is 0.425. The van der Waals surface area contributed by atoms with Crippen LogP contribution in [0.3, 0.4) is 0 Å². The van der Waals surface area contributed by atoms with Crippen molar-refractivity contribution in [1.29, 1.82) is 0 Å². The van der Waals surface area contributed by atoms with Crippen LogP contribution in [-0.4, -0.2) is 34.5 Å². The maximum atomic E-state index is 12.5. The zero-order chi connectivity index (χ0) is 23.3. The molecule has 0 radical (unpaired) electrons. The first-order valence-corrected chi connectivity index (χ1v) is 10.9. The average molecular weight is 458 g/mol. The smallest absolute Gasteiger partial charge is 0.238 e. The van der Waals surface area contributed by atoms with E-state index in [1.165, 1.54) is 6.26 Å². The van der Waals surface area contributed by atoms with E-state index in [9.17, 15) is 9.59 Å². The molecule has 9 heteroatoms. The number of amides is 2. The van der Waals surface area contributed by atoms with Gasteiger partial charge in [-0.1, -0.05) is 23.4 Å². The Morgan fingerprint density at radius 2 is 1.85 bits per heavy atom. The zero-order valence-electron chi connectivity index (χ0n) is 18.2. The predicted molar refractivity (Wildman–Crippen MR) is 122 cm³/mol. The summed E-state index contributed by atoms with van der Waals surface area (Å²) < 4.78 is 16.2. The first-order valence-electron chi connectivity index (χ1n) is 10.9. The molecule has 1 fully saturated rings. The van der Waals surface area contributed by atoms with Crippen LogP contribution in [0.1, 0.15) is 18.7 Å². The lowest BCUT2D eigenvalue weighted by Gasteiger charge is -2.17. The molecule has 1 saturated heterocycles. The normalized spacial score (nSPS) is 15.5. The lowest BCUT2D eigenvalue weighted by atomic mass is 10.2. The Morgan fingerprint density at radius 3 is 2.62 bits per heavy atom. The van der Waals surface area contributed by atoms with Gasteiger partial charge in [-0.2, -0.15) is 4.98 Å². The Balaban J connectivity index is 1.12. The van der Waals surface area contributed by atoms with Crippen LogP contribution < -0.4 is 15.0 Å². The summed E-state index contributed by atoms with van der Waals surface area (Å²) >= 11 is 0. The second-order valence-electron chi connectivity index (χ2n) is 7.87. The van der Waals surface area contributed by atoms with Crippen molar-refractivity contribution in [3.05, 3.63) is 78.9 Å². The number of nitrogens with one attached hydrogen (secondary N) is 1. The van der Waals surface area contributed by atoms with Crippen LogP contribution in [0.5, 0.6) is 11.5 Å². The molecule has 3 heterocycles. The van der Waals surface area contributed by atoms with E-state index in [1.807, 2.05) is 54.6 Å². The number of aromatic nitrogens is 2. The number of furan rings is 1. The molecule has 2 aromatic carbocycles. The fourth-order valence-corrected chi connectivity index (χ4v) is 3.76. The van der Waals surface area contributed by atoms with Gasteiger partial charge in [-0.15, -0.1) is 0 Å². The summed E-state index contributed by atoms with van der Waals surface area (Å²) in [5.74, 6) is 2.41. The molecule has 5 rings (SSSR count). The monoisotopic (exact) mass is 458 g/mol. The first-order chi connectivity index (χ1) is 16.6. The van der Waals surface area contributed by atoms with Gasteiger partial charge in [0.25, 0.3) is 0 Å². The number of aryl methyl sites for hydroxylation is 1. The maximum absolute atomic E-state index is 12.5. The van der Waals surface area contributed by atoms with E-state index in [0.717, 1.165) is 11.4 Å². The fourth-order valence-electron chi connectivity index (χ4n) is 3.76. The van der Waals surface area contributed by atoms with Gasteiger partial charge in [0.15, 0.2) is 5.76 Å². The van der Waals surface area contributed by atoms with Gasteiger partial charge in [0.1, 0.15) is 11.5 Å². The maximum Gasteiger partial charge on any atom is 0.238 e. The average Bonchev–Trinajstić information content (AvgIpc) is 3.60. The molecule has 2 aromatic heterocycles. The molecular weight excluding hydrogens is 436 g/mol. The lowest BCUT2D eigenvalue weighted by molar-refractivity contribution is -0.121. The third-order valence-corrected chi connectivity index (χ3v) is 5.39. The fraction of sp³-hybridized carbons (Fsp3) is 0.200. The lowest BCUT2D eigenvalue weighted by Crippen LogP contribution is -2.37. The minimum atomic E-state index is -0.262. The van der Waals surface area contributed by atoms with Gasteiger partial charge in [-0.05, 0) is 48.5 Å². The summed E-state index contributed by atoms with van der Waals surface area (Å²) in [6.45, 7) is 0.409. The van der Waals surface area contributed by atoms with Gasteiger partial charge >= 0.3 is 0 Å². The van der Waals surface area contributed by atoms with Crippen molar-refractivity contribution in [2.75, 3.05) is 11.4 Å². The van der Waals surface area contributed by atoms with Gasteiger partial charge in [0.2, 0.25) is 23.5 Å². The zero-order valence-corrected chi connectivity index (χ0v) is 18.2. The Hall–Kier alpha value is -4.40. The SMILES string of the molecule is O=C(CCc1nc(-c2ccco2)no1)NC1CC(=O)N(c2ccc(Oc3ccccc3)cc2)C1. The standard InChI is InChI=1S/C25H22N4O5/c30-22(12-13-23-27-25(28-34-23)21-7-4-14-32-21)26-17-15-24(31)29(16-17)18-8-10-20(11-9-18)33-19-5-2-1-3-6-19/h1-11,14,17H,12-13,15-16H2,(H,26,30). The van der Waals surface area contributed by atoms with E-state index in [0.29, 0.717) is 36.2 Å². The molecule has 0 aliphatic carbocycles. The number of rotatable bonds is 8. The first kappa shape index (κ1) is 21.4. The Bertz CT molecular complexity index is 1250. The molecule has 0 bridgehead atoms. The van der Waals surface area contributed by atoms with Crippen molar-refractivity contribution >= 4 is 17.5 Å². The third-order valence-electron chi connectivity index (χ3n) is 5.39. The number of carbonyl (C=O) groups is 2. The van der Waals surface area contributed by atoms with Gasteiger partial charge in [0.05, 0.1) is 12.3 Å². The van der Waals surface area contributed by atoms with Crippen molar-refractivity contribution in [3.8, 4) is 23.1 Å². The largest absolute Gasteiger partial charge is 0.461 e. The Labute approximate surface area is 195 Å². The van der Waals surface area contributed by atoms with E-state index >= 15 is 0 Å². The molecule has 1 aliphatic heterocycles. The second kappa shape index (κ2) is 9.62. The second-order valence-corrected chi connectivity index (χ2v) is 7.87. The number of benzene rings is 2. The van der Waals surface area contributed by atoms with Crippen LogP contribution in [0.25, 0.3) is 11.6 Å². The molecule has 0 spiro atoms. The van der Waals surface area contributed by atoms with Crippen molar-refractivity contribution in [2.45, 2.75) is 25.3 Å². The van der Waals surface area contributed by atoms with Gasteiger partial charge in [-0.3, -0.25) is 9.59 Å². The Kier molecular flexibility index (Phi) is 6.07. The van der Waals surface area contributed by atoms with Crippen LogP contribution in [0.2, 0.25) is 0 Å². The van der Waals surface area contributed by atoms with Crippen LogP contribution in [0, 0.1) is 0 Å². The highest BCUT2D eigenvalue weighted by molar-refractivity contribution is 5.96. The molecular formula is C25H22N4O5. The van der Waals surface area contributed by atoms with E-state index in [-0.39, 0.29) is 30.7 Å². The minimum absolute atomic E-state index is 0.0398. The number of hydrogen-bond donors (Lipinski definition) is 1. The number of nitrogens with zero attached hydrogens (tertiary/aromatic N) is 3. The topological polar surface area (TPSA) is 111 Å². The van der Waals surface area contributed by atoms with Crippen molar-refractivity contribution < 1.29 is 23.3 Å². The molecule has 4 aromatic rings. The van der Waals surface area contributed by atoms with Gasteiger partial charge in [0, 0.05) is 31.5 Å². The summed E-state index contributed by atoms with van der Waals surface area (Å²) in [6, 6.07) is 20.0. The van der Waals surface area contributed by atoms with Gasteiger partial charge < -0.3 is 23.9 Å². The van der Waals surface area contributed by atoms with E-state index in [4.69, 9.17) is 13.7 Å². The van der Waals surface area contributed by atoms with Crippen molar-refractivity contribution in [3.63, 3.8) is 0 Å². The number of hydrogen-bond acceptors (Lipinski definition) is 7. The number of para-hydroxylation sites is 1. The van der Waals surface area contributed by atoms with Crippen LogP contribution >= 0.6 is 0 Å². The van der Waals surface area contributed by atoms with Crippen molar-refractivity contribution in [1.82, 2.24) is 15.5 Å². The Morgan fingerprint density at radius 1 is 1.06 bits per heavy atom. The van der Waals surface area contributed by atoms with Crippen molar-refractivity contribution in [2.24, 2.45) is 0 Å². The third kappa shape index (κ3) is 4.98. The molecule has 34 heavy (non-hydrogen) atoms. The minimum Gasteiger partial charge on any atom is -0.461 e.